The third-order valence-electron chi connectivity index (χ3n) is 4.37. The van der Waals surface area contributed by atoms with E-state index in [0.29, 0.717) is 5.69 Å². The first-order chi connectivity index (χ1) is 9.54. The molecule has 1 aromatic rings. The van der Waals surface area contributed by atoms with Crippen molar-refractivity contribution < 1.29 is 4.92 Å². The van der Waals surface area contributed by atoms with Crippen LogP contribution in [0.2, 0.25) is 0 Å². The van der Waals surface area contributed by atoms with Crippen LogP contribution in [0.1, 0.15) is 63.6 Å². The normalized spacial score (nSPS) is 23.5. The molecule has 1 saturated carbocycles. The molecular formula is C14H24N4O2. The van der Waals surface area contributed by atoms with Crippen LogP contribution in [0.3, 0.4) is 0 Å². The van der Waals surface area contributed by atoms with Crippen molar-refractivity contribution in [1.82, 2.24) is 9.78 Å². The van der Waals surface area contributed by atoms with Crippen molar-refractivity contribution in [2.45, 2.75) is 64.8 Å². The van der Waals surface area contributed by atoms with Crippen LogP contribution in [0.4, 0.5) is 11.5 Å². The molecule has 112 valence electrons. The van der Waals surface area contributed by atoms with Crippen LogP contribution in [0.25, 0.3) is 0 Å². The minimum absolute atomic E-state index is 0.0284. The number of nitro groups is 1. The molecule has 0 spiro atoms. The molecule has 1 aliphatic rings. The Bertz CT molecular complexity index is 484. The average molecular weight is 280 g/mol. The number of nitrogen functional groups attached to an aromatic ring is 1. The van der Waals surface area contributed by atoms with Gasteiger partial charge >= 0.3 is 5.69 Å². The minimum atomic E-state index is -0.426. The van der Waals surface area contributed by atoms with E-state index in [1.54, 1.807) is 11.6 Å². The van der Waals surface area contributed by atoms with Crippen molar-refractivity contribution in [3.63, 3.8) is 0 Å². The first kappa shape index (κ1) is 14.8. The van der Waals surface area contributed by atoms with Crippen LogP contribution < -0.4 is 5.73 Å². The predicted molar refractivity (Wildman–Crippen MR) is 78.6 cm³/mol. The number of hydrogen-bond donors (Lipinski definition) is 1. The lowest BCUT2D eigenvalue weighted by atomic mass is 9.95. The minimum Gasteiger partial charge on any atom is -0.378 e. The number of hydrogen-bond acceptors (Lipinski definition) is 4. The maximum Gasteiger partial charge on any atom is 0.333 e. The van der Waals surface area contributed by atoms with Crippen LogP contribution in [-0.4, -0.2) is 14.7 Å². The summed E-state index contributed by atoms with van der Waals surface area (Å²) < 4.78 is 1.70. The zero-order chi connectivity index (χ0) is 14.7. The lowest BCUT2D eigenvalue weighted by Gasteiger charge is -2.16. The second-order valence-corrected chi connectivity index (χ2v) is 5.84. The van der Waals surface area contributed by atoms with Gasteiger partial charge in [-0.1, -0.05) is 32.6 Å². The maximum absolute atomic E-state index is 11.0. The lowest BCUT2D eigenvalue weighted by Crippen LogP contribution is -2.13. The number of aromatic nitrogens is 2. The molecule has 2 atom stereocenters. The van der Waals surface area contributed by atoms with Gasteiger partial charge in [0.25, 0.3) is 0 Å². The molecule has 1 fully saturated rings. The maximum atomic E-state index is 11.0. The zero-order valence-electron chi connectivity index (χ0n) is 12.3. The number of rotatable bonds is 4. The average Bonchev–Trinajstić information content (AvgIpc) is 2.57. The molecular weight excluding hydrogens is 256 g/mol. The van der Waals surface area contributed by atoms with Crippen LogP contribution in [0, 0.1) is 23.0 Å². The fourth-order valence-electron chi connectivity index (χ4n) is 3.36. The Hall–Kier alpha value is -1.59. The summed E-state index contributed by atoms with van der Waals surface area (Å²) >= 11 is 0. The molecule has 0 aliphatic heterocycles. The van der Waals surface area contributed by atoms with E-state index in [4.69, 9.17) is 5.73 Å². The third kappa shape index (κ3) is 2.94. The molecule has 6 nitrogen and oxygen atoms in total. The number of nitrogens with two attached hydrogens (primary N) is 1. The van der Waals surface area contributed by atoms with Gasteiger partial charge in [0, 0.05) is 0 Å². The van der Waals surface area contributed by atoms with E-state index in [-0.39, 0.29) is 17.5 Å². The van der Waals surface area contributed by atoms with Crippen molar-refractivity contribution in [2.24, 2.45) is 5.92 Å². The fourth-order valence-corrected chi connectivity index (χ4v) is 3.36. The Labute approximate surface area is 119 Å². The molecule has 2 N–H and O–H groups in total. The van der Waals surface area contributed by atoms with E-state index in [2.05, 4.69) is 12.0 Å². The molecule has 0 amide bonds. The first-order valence-corrected chi connectivity index (χ1v) is 7.53. The van der Waals surface area contributed by atoms with E-state index in [9.17, 15) is 10.1 Å². The van der Waals surface area contributed by atoms with Gasteiger partial charge in [0.05, 0.1) is 11.0 Å². The highest BCUT2D eigenvalue weighted by molar-refractivity contribution is 5.56. The summed E-state index contributed by atoms with van der Waals surface area (Å²) in [7, 11) is 0. The molecule has 20 heavy (non-hydrogen) atoms. The number of anilines is 1. The van der Waals surface area contributed by atoms with E-state index in [1.165, 1.54) is 25.7 Å². The van der Waals surface area contributed by atoms with Crippen LogP contribution >= 0.6 is 0 Å². The summed E-state index contributed by atoms with van der Waals surface area (Å²) in [5.41, 5.74) is 6.33. The molecule has 2 rings (SSSR count). The van der Waals surface area contributed by atoms with Gasteiger partial charge in [0.15, 0.2) is 0 Å². The molecule has 0 radical (unpaired) electrons. The van der Waals surface area contributed by atoms with Gasteiger partial charge in [-0.2, -0.15) is 5.10 Å². The predicted octanol–water partition coefficient (Wildman–Crippen LogP) is 3.60. The van der Waals surface area contributed by atoms with Crippen molar-refractivity contribution in [1.29, 1.82) is 0 Å². The Morgan fingerprint density at radius 2 is 2.15 bits per heavy atom. The Morgan fingerprint density at radius 3 is 2.75 bits per heavy atom. The van der Waals surface area contributed by atoms with Crippen molar-refractivity contribution >= 4 is 11.5 Å². The number of nitrogens with zero attached hydrogens (tertiary/aromatic N) is 3. The second kappa shape index (κ2) is 6.24. The van der Waals surface area contributed by atoms with E-state index in [1.807, 2.05) is 0 Å². The molecule has 2 unspecified atom stereocenters. The highest BCUT2D eigenvalue weighted by Crippen LogP contribution is 2.36. The second-order valence-electron chi connectivity index (χ2n) is 5.84. The standard InChI is InChI=1S/C14H24N4O2/c1-3-5-11-6-4-7-12(9-8-11)17-14(15)13(18(19)20)10(2)16-17/h11-12H,3-9,15H2,1-2H3. The van der Waals surface area contributed by atoms with Crippen LogP contribution in [-0.2, 0) is 0 Å². The van der Waals surface area contributed by atoms with Gasteiger partial charge in [-0.15, -0.1) is 0 Å². The van der Waals surface area contributed by atoms with E-state index in [0.717, 1.165) is 25.2 Å². The summed E-state index contributed by atoms with van der Waals surface area (Å²) in [6.45, 7) is 3.88. The highest BCUT2D eigenvalue weighted by Gasteiger charge is 2.28. The Kier molecular flexibility index (Phi) is 4.62. The molecule has 6 heteroatoms. The third-order valence-corrected chi connectivity index (χ3v) is 4.37. The van der Waals surface area contributed by atoms with Crippen LogP contribution in [0.15, 0.2) is 0 Å². The summed E-state index contributed by atoms with van der Waals surface area (Å²) in [4.78, 5) is 10.6. The quantitative estimate of drug-likeness (QED) is 0.518. The summed E-state index contributed by atoms with van der Waals surface area (Å²) in [5, 5.41) is 15.3. The summed E-state index contributed by atoms with van der Waals surface area (Å²) in [5.74, 6) is 1.00. The zero-order valence-corrected chi connectivity index (χ0v) is 12.3. The Balaban J connectivity index is 2.16. The largest absolute Gasteiger partial charge is 0.378 e. The van der Waals surface area contributed by atoms with E-state index >= 15 is 0 Å². The first-order valence-electron chi connectivity index (χ1n) is 7.53. The summed E-state index contributed by atoms with van der Waals surface area (Å²) in [6, 6.07) is 0.212. The Morgan fingerprint density at radius 1 is 1.40 bits per heavy atom. The van der Waals surface area contributed by atoms with Crippen LogP contribution in [0.5, 0.6) is 0 Å². The van der Waals surface area contributed by atoms with Gasteiger partial charge < -0.3 is 5.73 Å². The molecule has 1 aliphatic carbocycles. The lowest BCUT2D eigenvalue weighted by molar-refractivity contribution is -0.384. The van der Waals surface area contributed by atoms with Crippen molar-refractivity contribution in [3.05, 3.63) is 15.8 Å². The molecule has 1 heterocycles. The smallest absolute Gasteiger partial charge is 0.333 e. The SMILES string of the molecule is CCCC1CCCC(n2nc(C)c([N+](=O)[O-])c2N)CC1. The highest BCUT2D eigenvalue weighted by atomic mass is 16.6. The van der Waals surface area contributed by atoms with Gasteiger partial charge in [-0.05, 0) is 32.1 Å². The van der Waals surface area contributed by atoms with Gasteiger partial charge in [-0.3, -0.25) is 10.1 Å². The molecule has 0 bridgehead atoms. The fraction of sp³-hybridized carbons (Fsp3) is 0.786. The van der Waals surface area contributed by atoms with Crippen molar-refractivity contribution in [2.75, 3.05) is 5.73 Å². The van der Waals surface area contributed by atoms with E-state index < -0.39 is 4.92 Å². The van der Waals surface area contributed by atoms with Gasteiger partial charge in [-0.25, -0.2) is 4.68 Å². The molecule has 0 aromatic carbocycles. The van der Waals surface area contributed by atoms with Gasteiger partial charge in [0.1, 0.15) is 5.69 Å². The molecule has 0 saturated heterocycles. The van der Waals surface area contributed by atoms with Gasteiger partial charge in [0.2, 0.25) is 5.82 Å². The summed E-state index contributed by atoms with van der Waals surface area (Å²) in [6.07, 6.45) is 8.12. The monoisotopic (exact) mass is 280 g/mol. The van der Waals surface area contributed by atoms with Crippen molar-refractivity contribution in [3.8, 4) is 0 Å². The topological polar surface area (TPSA) is 87.0 Å². The number of aryl methyl sites for hydroxylation is 1. The molecule has 1 aromatic heterocycles.